The Morgan fingerprint density at radius 3 is 2.94 bits per heavy atom. The molecule has 2 aromatic rings. The molecule has 5 heteroatoms. The van der Waals surface area contributed by atoms with E-state index in [-0.39, 0.29) is 5.82 Å². The van der Waals surface area contributed by atoms with Gasteiger partial charge in [0.05, 0.1) is 22.8 Å². The van der Waals surface area contributed by atoms with Gasteiger partial charge in [-0.3, -0.25) is 0 Å². The van der Waals surface area contributed by atoms with E-state index in [9.17, 15) is 4.39 Å². The van der Waals surface area contributed by atoms with Gasteiger partial charge in [-0.15, -0.1) is 0 Å². The lowest BCUT2D eigenvalue weighted by Gasteiger charge is -2.04. The highest BCUT2D eigenvalue weighted by Crippen LogP contribution is 2.28. The molecular formula is C13H14BrFN2O. The number of rotatable bonds is 4. The van der Waals surface area contributed by atoms with Gasteiger partial charge in [-0.2, -0.15) is 0 Å². The number of oxazole rings is 1. The van der Waals surface area contributed by atoms with Gasteiger partial charge in [-0.05, 0) is 28.1 Å². The number of hydrogen-bond donors (Lipinski definition) is 1. The first-order chi connectivity index (χ1) is 8.58. The third-order valence-electron chi connectivity index (χ3n) is 2.43. The van der Waals surface area contributed by atoms with Crippen LogP contribution in [0.3, 0.4) is 0 Å². The second kappa shape index (κ2) is 5.63. The summed E-state index contributed by atoms with van der Waals surface area (Å²) in [4.78, 5) is 4.12. The Hall–Kier alpha value is -1.20. The minimum Gasteiger partial charge on any atom is -0.439 e. The first-order valence-electron chi connectivity index (χ1n) is 5.70. The van der Waals surface area contributed by atoms with Crippen LogP contribution in [0, 0.1) is 5.82 Å². The fraction of sp³-hybridized carbons (Fsp3) is 0.308. The molecule has 1 N–H and O–H groups in total. The lowest BCUT2D eigenvalue weighted by Crippen LogP contribution is -2.21. The van der Waals surface area contributed by atoms with Crippen LogP contribution in [0.2, 0.25) is 0 Å². The number of hydrogen-bond acceptors (Lipinski definition) is 3. The van der Waals surface area contributed by atoms with Crippen LogP contribution in [-0.2, 0) is 6.54 Å². The lowest BCUT2D eigenvalue weighted by atomic mass is 10.2. The summed E-state index contributed by atoms with van der Waals surface area (Å²) < 4.78 is 19.8. The minimum absolute atomic E-state index is 0.336. The second-order valence-electron chi connectivity index (χ2n) is 4.26. The third-order valence-corrected chi connectivity index (χ3v) is 3.04. The van der Waals surface area contributed by atoms with Gasteiger partial charge in [0.25, 0.3) is 0 Å². The molecule has 18 heavy (non-hydrogen) atoms. The van der Waals surface area contributed by atoms with Crippen molar-refractivity contribution in [3.05, 3.63) is 40.6 Å². The van der Waals surface area contributed by atoms with Crippen molar-refractivity contribution in [3.8, 4) is 11.3 Å². The minimum atomic E-state index is -0.336. The number of benzene rings is 1. The molecule has 1 heterocycles. The Bertz CT molecular complexity index is 540. The molecule has 1 aromatic carbocycles. The molecule has 0 aliphatic rings. The molecule has 0 aliphatic heterocycles. The highest BCUT2D eigenvalue weighted by molar-refractivity contribution is 9.10. The molecule has 3 nitrogen and oxygen atoms in total. The Labute approximate surface area is 114 Å². The van der Waals surface area contributed by atoms with Gasteiger partial charge >= 0.3 is 0 Å². The lowest BCUT2D eigenvalue weighted by molar-refractivity contribution is 0.457. The van der Waals surface area contributed by atoms with Crippen LogP contribution in [0.4, 0.5) is 4.39 Å². The summed E-state index contributed by atoms with van der Waals surface area (Å²) in [7, 11) is 0. The summed E-state index contributed by atoms with van der Waals surface area (Å²) in [5, 5.41) is 3.19. The van der Waals surface area contributed by atoms with Crippen molar-refractivity contribution in [1.29, 1.82) is 0 Å². The van der Waals surface area contributed by atoms with Crippen molar-refractivity contribution in [2.24, 2.45) is 0 Å². The number of aromatic nitrogens is 1. The van der Waals surface area contributed by atoms with E-state index >= 15 is 0 Å². The summed E-state index contributed by atoms with van der Waals surface area (Å²) in [6.45, 7) is 4.61. The molecule has 0 amide bonds. The number of halogens is 2. The highest BCUT2D eigenvalue weighted by atomic mass is 79.9. The topological polar surface area (TPSA) is 38.1 Å². The summed E-state index contributed by atoms with van der Waals surface area (Å²) >= 11 is 3.15. The van der Waals surface area contributed by atoms with Crippen LogP contribution in [-0.4, -0.2) is 11.0 Å². The zero-order valence-corrected chi connectivity index (χ0v) is 11.8. The number of nitrogens with one attached hydrogen (secondary N) is 1. The molecule has 0 unspecified atom stereocenters. The quantitative estimate of drug-likeness (QED) is 0.934. The van der Waals surface area contributed by atoms with Crippen LogP contribution in [0.25, 0.3) is 11.3 Å². The fourth-order valence-electron chi connectivity index (χ4n) is 1.50. The van der Waals surface area contributed by atoms with E-state index in [2.05, 4.69) is 26.2 Å². The first-order valence-corrected chi connectivity index (χ1v) is 6.49. The second-order valence-corrected chi connectivity index (χ2v) is 5.11. The van der Waals surface area contributed by atoms with Crippen molar-refractivity contribution in [1.82, 2.24) is 10.3 Å². The van der Waals surface area contributed by atoms with Crippen molar-refractivity contribution < 1.29 is 8.81 Å². The van der Waals surface area contributed by atoms with Crippen molar-refractivity contribution >= 4 is 15.9 Å². The summed E-state index contributed by atoms with van der Waals surface area (Å²) in [6.07, 6.45) is 1.54. The maximum Gasteiger partial charge on any atom is 0.208 e. The van der Waals surface area contributed by atoms with Crippen molar-refractivity contribution in [3.63, 3.8) is 0 Å². The van der Waals surface area contributed by atoms with Crippen molar-refractivity contribution in [2.75, 3.05) is 0 Å². The SMILES string of the molecule is CC(C)NCc1ncc(-c2cccc(Br)c2F)o1. The molecule has 0 saturated carbocycles. The first kappa shape index (κ1) is 13.2. The van der Waals surface area contributed by atoms with Crippen LogP contribution < -0.4 is 5.32 Å². The van der Waals surface area contributed by atoms with E-state index in [1.807, 2.05) is 13.8 Å². The maximum atomic E-state index is 13.9. The zero-order valence-electron chi connectivity index (χ0n) is 10.2. The van der Waals surface area contributed by atoms with Gasteiger partial charge in [0.2, 0.25) is 5.89 Å². The Morgan fingerprint density at radius 2 is 2.22 bits per heavy atom. The molecule has 0 bridgehead atoms. The molecule has 1 aromatic heterocycles. The molecule has 0 atom stereocenters. The van der Waals surface area contributed by atoms with Crippen LogP contribution in [0.5, 0.6) is 0 Å². The molecule has 2 rings (SSSR count). The Balaban J connectivity index is 2.21. The molecule has 0 aliphatic carbocycles. The van der Waals surface area contributed by atoms with Gasteiger partial charge in [0.1, 0.15) is 5.82 Å². The average Bonchev–Trinajstić information content (AvgIpc) is 2.78. The van der Waals surface area contributed by atoms with E-state index in [1.54, 1.807) is 24.4 Å². The van der Waals surface area contributed by atoms with E-state index in [0.29, 0.717) is 34.3 Å². The molecule has 0 fully saturated rings. The molecule has 0 saturated heterocycles. The van der Waals surface area contributed by atoms with Gasteiger partial charge in [0, 0.05) is 6.04 Å². The van der Waals surface area contributed by atoms with E-state index in [1.165, 1.54) is 0 Å². The molecule has 0 spiro atoms. The normalized spacial score (nSPS) is 11.2. The fourth-order valence-corrected chi connectivity index (χ4v) is 1.87. The predicted octanol–water partition coefficient (Wildman–Crippen LogP) is 3.74. The Morgan fingerprint density at radius 1 is 1.44 bits per heavy atom. The molecular weight excluding hydrogens is 299 g/mol. The third kappa shape index (κ3) is 2.97. The van der Waals surface area contributed by atoms with E-state index in [4.69, 9.17) is 4.42 Å². The summed E-state index contributed by atoms with van der Waals surface area (Å²) in [5.74, 6) is 0.657. The van der Waals surface area contributed by atoms with Gasteiger partial charge in [0.15, 0.2) is 5.76 Å². The van der Waals surface area contributed by atoms with Crippen LogP contribution in [0.15, 0.2) is 33.3 Å². The zero-order chi connectivity index (χ0) is 13.1. The molecule has 96 valence electrons. The maximum absolute atomic E-state index is 13.9. The van der Waals surface area contributed by atoms with Gasteiger partial charge in [-0.25, -0.2) is 9.37 Å². The van der Waals surface area contributed by atoms with E-state index < -0.39 is 0 Å². The smallest absolute Gasteiger partial charge is 0.208 e. The highest BCUT2D eigenvalue weighted by Gasteiger charge is 2.12. The Kier molecular flexibility index (Phi) is 4.14. The monoisotopic (exact) mass is 312 g/mol. The average molecular weight is 313 g/mol. The summed E-state index contributed by atoms with van der Waals surface area (Å²) in [5.41, 5.74) is 0.410. The largest absolute Gasteiger partial charge is 0.439 e. The van der Waals surface area contributed by atoms with Crippen LogP contribution >= 0.6 is 15.9 Å². The molecule has 0 radical (unpaired) electrons. The van der Waals surface area contributed by atoms with E-state index in [0.717, 1.165) is 0 Å². The predicted molar refractivity (Wildman–Crippen MR) is 71.6 cm³/mol. The standard InChI is InChI=1S/C13H14BrFN2O/c1-8(2)16-7-12-17-6-11(18-12)9-4-3-5-10(14)13(9)15/h3-6,8,16H,7H2,1-2H3. The van der Waals surface area contributed by atoms with Crippen molar-refractivity contribution in [2.45, 2.75) is 26.4 Å². The number of nitrogens with zero attached hydrogens (tertiary/aromatic N) is 1. The summed E-state index contributed by atoms with van der Waals surface area (Å²) in [6, 6.07) is 5.43. The van der Waals surface area contributed by atoms with Gasteiger partial charge < -0.3 is 9.73 Å². The van der Waals surface area contributed by atoms with Crippen LogP contribution in [0.1, 0.15) is 19.7 Å². The van der Waals surface area contributed by atoms with Gasteiger partial charge in [-0.1, -0.05) is 19.9 Å².